The van der Waals surface area contributed by atoms with Gasteiger partial charge in [-0.15, -0.1) is 0 Å². The summed E-state index contributed by atoms with van der Waals surface area (Å²) in [6.45, 7) is 1.63. The minimum Gasteiger partial charge on any atom is -0.477 e. The summed E-state index contributed by atoms with van der Waals surface area (Å²) in [5, 5.41) is 13.6. The van der Waals surface area contributed by atoms with Crippen molar-refractivity contribution >= 4 is 5.97 Å². The van der Waals surface area contributed by atoms with Gasteiger partial charge in [0.1, 0.15) is 11.4 Å². The van der Waals surface area contributed by atoms with E-state index in [-0.39, 0.29) is 11.6 Å². The van der Waals surface area contributed by atoms with Crippen molar-refractivity contribution in [2.24, 2.45) is 0 Å². The second kappa shape index (κ2) is 5.79. The molecule has 22 heavy (non-hydrogen) atoms. The van der Waals surface area contributed by atoms with Gasteiger partial charge in [0.15, 0.2) is 0 Å². The average molecular weight is 301 g/mol. The molecule has 6 nitrogen and oxygen atoms in total. The van der Waals surface area contributed by atoms with Crippen molar-refractivity contribution in [2.45, 2.75) is 45.1 Å². The Kier molecular flexibility index (Phi) is 3.83. The van der Waals surface area contributed by atoms with Crippen molar-refractivity contribution in [1.29, 1.82) is 0 Å². The smallest absolute Gasteiger partial charge is 0.341 e. The number of rotatable bonds is 3. The van der Waals surface area contributed by atoms with Gasteiger partial charge in [-0.2, -0.15) is 5.10 Å². The Morgan fingerprint density at radius 3 is 2.68 bits per heavy atom. The van der Waals surface area contributed by atoms with Gasteiger partial charge >= 0.3 is 5.97 Å². The molecule has 0 atom stereocenters. The molecule has 116 valence electrons. The highest BCUT2D eigenvalue weighted by Crippen LogP contribution is 2.29. The maximum absolute atomic E-state index is 12.5. The summed E-state index contributed by atoms with van der Waals surface area (Å²) >= 11 is 0. The maximum atomic E-state index is 12.5. The molecule has 6 heteroatoms. The van der Waals surface area contributed by atoms with E-state index in [2.05, 4.69) is 5.10 Å². The van der Waals surface area contributed by atoms with Crippen molar-refractivity contribution in [3.8, 4) is 5.82 Å². The SMILES string of the molecule is Cc1ccn(-c2ccnn2C2CCCCC2)c(=O)c1C(=O)O. The zero-order chi connectivity index (χ0) is 15.7. The lowest BCUT2D eigenvalue weighted by Crippen LogP contribution is -2.28. The Hall–Kier alpha value is -2.37. The Bertz CT molecular complexity index is 754. The highest BCUT2D eigenvalue weighted by molar-refractivity contribution is 5.88. The molecule has 1 aliphatic carbocycles. The lowest BCUT2D eigenvalue weighted by molar-refractivity contribution is 0.0693. The molecule has 0 aliphatic heterocycles. The van der Waals surface area contributed by atoms with E-state index >= 15 is 0 Å². The third kappa shape index (κ3) is 2.45. The molecule has 2 aromatic heterocycles. The highest BCUT2D eigenvalue weighted by atomic mass is 16.4. The molecular weight excluding hydrogens is 282 g/mol. The van der Waals surface area contributed by atoms with Crippen LogP contribution in [0.15, 0.2) is 29.3 Å². The molecule has 0 spiro atoms. The monoisotopic (exact) mass is 301 g/mol. The zero-order valence-corrected chi connectivity index (χ0v) is 12.5. The van der Waals surface area contributed by atoms with Crippen LogP contribution in [-0.2, 0) is 0 Å². The molecule has 0 radical (unpaired) electrons. The number of pyridine rings is 1. The minimum atomic E-state index is -1.19. The second-order valence-electron chi connectivity index (χ2n) is 5.78. The molecule has 0 saturated heterocycles. The minimum absolute atomic E-state index is 0.182. The van der Waals surface area contributed by atoms with E-state index in [4.69, 9.17) is 0 Å². The number of aromatic nitrogens is 3. The van der Waals surface area contributed by atoms with Crippen LogP contribution in [0, 0.1) is 6.92 Å². The number of carbonyl (C=O) groups is 1. The summed E-state index contributed by atoms with van der Waals surface area (Å²) in [6.07, 6.45) is 8.93. The van der Waals surface area contributed by atoms with E-state index in [1.807, 2.05) is 4.68 Å². The molecule has 2 aromatic rings. The number of aromatic carboxylic acids is 1. The van der Waals surface area contributed by atoms with E-state index in [0.717, 1.165) is 25.7 Å². The van der Waals surface area contributed by atoms with Gasteiger partial charge in [-0.25, -0.2) is 9.48 Å². The molecule has 0 amide bonds. The van der Waals surface area contributed by atoms with Gasteiger partial charge in [0, 0.05) is 12.3 Å². The third-order valence-electron chi connectivity index (χ3n) is 4.33. The standard InChI is InChI=1S/C16H19N3O3/c1-11-8-10-18(15(20)14(11)16(21)22)13-7-9-17-19(13)12-5-3-2-4-6-12/h7-10,12H,2-6H2,1H3,(H,21,22). The number of carboxylic acid groups (broad SMARTS) is 1. The summed E-state index contributed by atoms with van der Waals surface area (Å²) in [4.78, 5) is 23.8. The predicted octanol–water partition coefficient (Wildman–Crippen LogP) is 2.55. The molecular formula is C16H19N3O3. The summed E-state index contributed by atoms with van der Waals surface area (Å²) in [5.41, 5.74) is -0.221. The number of aryl methyl sites for hydroxylation is 1. The van der Waals surface area contributed by atoms with Crippen molar-refractivity contribution < 1.29 is 9.90 Å². The predicted molar refractivity (Wildman–Crippen MR) is 81.6 cm³/mol. The molecule has 1 saturated carbocycles. The van der Waals surface area contributed by atoms with Crippen LogP contribution in [0.5, 0.6) is 0 Å². The molecule has 1 aliphatic rings. The molecule has 0 bridgehead atoms. The number of hydrogen-bond donors (Lipinski definition) is 1. The van der Waals surface area contributed by atoms with Gasteiger partial charge in [-0.3, -0.25) is 9.36 Å². The van der Waals surface area contributed by atoms with E-state index < -0.39 is 11.5 Å². The van der Waals surface area contributed by atoms with Crippen LogP contribution in [0.1, 0.15) is 54.1 Å². The quantitative estimate of drug-likeness (QED) is 0.945. The molecule has 1 fully saturated rings. The van der Waals surface area contributed by atoms with Gasteiger partial charge in [-0.1, -0.05) is 19.3 Å². The molecule has 0 aromatic carbocycles. The summed E-state index contributed by atoms with van der Waals surface area (Å²) in [7, 11) is 0. The van der Waals surface area contributed by atoms with Crippen LogP contribution >= 0.6 is 0 Å². The van der Waals surface area contributed by atoms with Crippen LogP contribution in [0.3, 0.4) is 0 Å². The first-order chi connectivity index (χ1) is 10.6. The Morgan fingerprint density at radius 1 is 1.27 bits per heavy atom. The van der Waals surface area contributed by atoms with Gasteiger partial charge in [0.2, 0.25) is 0 Å². The van der Waals surface area contributed by atoms with Crippen LogP contribution in [0.2, 0.25) is 0 Å². The van der Waals surface area contributed by atoms with Crippen molar-refractivity contribution in [1.82, 2.24) is 14.3 Å². The van der Waals surface area contributed by atoms with E-state index in [9.17, 15) is 14.7 Å². The number of carboxylic acids is 1. The maximum Gasteiger partial charge on any atom is 0.341 e. The second-order valence-corrected chi connectivity index (χ2v) is 5.78. The summed E-state index contributed by atoms with van der Waals surface area (Å²) < 4.78 is 3.25. The Labute approximate surface area is 128 Å². The summed E-state index contributed by atoms with van der Waals surface area (Å²) in [6, 6.07) is 3.69. The first kappa shape index (κ1) is 14.6. The van der Waals surface area contributed by atoms with Crippen molar-refractivity contribution in [3.05, 3.63) is 46.0 Å². The van der Waals surface area contributed by atoms with Gasteiger partial charge < -0.3 is 5.11 Å². The number of hydrogen-bond acceptors (Lipinski definition) is 3. The average Bonchev–Trinajstić information content (AvgIpc) is 2.97. The lowest BCUT2D eigenvalue weighted by Gasteiger charge is -2.24. The first-order valence-corrected chi connectivity index (χ1v) is 7.59. The molecule has 2 heterocycles. The van der Waals surface area contributed by atoms with E-state index in [1.54, 1.807) is 31.5 Å². The summed E-state index contributed by atoms with van der Waals surface area (Å²) in [5.74, 6) is -0.556. The van der Waals surface area contributed by atoms with Gasteiger partial charge in [-0.05, 0) is 31.4 Å². The van der Waals surface area contributed by atoms with Crippen LogP contribution in [-0.4, -0.2) is 25.4 Å². The molecule has 3 rings (SSSR count). The fraction of sp³-hybridized carbons (Fsp3) is 0.438. The molecule has 1 N–H and O–H groups in total. The van der Waals surface area contributed by atoms with Crippen LogP contribution in [0.4, 0.5) is 0 Å². The van der Waals surface area contributed by atoms with Crippen molar-refractivity contribution in [2.75, 3.05) is 0 Å². The Balaban J connectivity index is 2.10. The Morgan fingerprint density at radius 2 is 2.00 bits per heavy atom. The fourth-order valence-electron chi connectivity index (χ4n) is 3.17. The first-order valence-electron chi connectivity index (χ1n) is 7.59. The topological polar surface area (TPSA) is 77.1 Å². The third-order valence-corrected chi connectivity index (χ3v) is 4.33. The normalized spacial score (nSPS) is 15.9. The van der Waals surface area contributed by atoms with Crippen molar-refractivity contribution in [3.63, 3.8) is 0 Å². The largest absolute Gasteiger partial charge is 0.477 e. The zero-order valence-electron chi connectivity index (χ0n) is 12.5. The van der Waals surface area contributed by atoms with E-state index in [0.29, 0.717) is 11.4 Å². The molecule has 0 unspecified atom stereocenters. The lowest BCUT2D eigenvalue weighted by atomic mass is 9.96. The van der Waals surface area contributed by atoms with Gasteiger partial charge in [0.05, 0.1) is 12.2 Å². The van der Waals surface area contributed by atoms with Crippen LogP contribution in [0.25, 0.3) is 5.82 Å². The number of nitrogens with zero attached hydrogens (tertiary/aromatic N) is 3. The van der Waals surface area contributed by atoms with Gasteiger partial charge in [0.25, 0.3) is 5.56 Å². The highest BCUT2D eigenvalue weighted by Gasteiger charge is 2.21. The van der Waals surface area contributed by atoms with Crippen LogP contribution < -0.4 is 5.56 Å². The fourth-order valence-corrected chi connectivity index (χ4v) is 3.17. The van der Waals surface area contributed by atoms with E-state index in [1.165, 1.54) is 11.0 Å².